The Hall–Kier alpha value is -3.70. The number of benzene rings is 2. The third-order valence-corrected chi connectivity index (χ3v) is 7.40. The first-order chi connectivity index (χ1) is 18.8. The number of carbonyl (C=O) groups is 1. The van der Waals surface area contributed by atoms with E-state index in [0.29, 0.717) is 45.2 Å². The second-order valence-electron chi connectivity index (χ2n) is 9.84. The zero-order chi connectivity index (χ0) is 27.6. The highest BCUT2D eigenvalue weighted by atomic mass is 19.1. The molecule has 2 aromatic carbocycles. The molecule has 3 aromatic rings. The lowest BCUT2D eigenvalue weighted by molar-refractivity contribution is 0.0670. The molecule has 11 heteroatoms. The molecule has 0 bridgehead atoms. The zero-order valence-corrected chi connectivity index (χ0v) is 21.1. The van der Waals surface area contributed by atoms with E-state index in [1.54, 1.807) is 11.0 Å². The second-order valence-corrected chi connectivity index (χ2v) is 9.84. The summed E-state index contributed by atoms with van der Waals surface area (Å²) in [5, 5.41) is 2.51. The van der Waals surface area contributed by atoms with E-state index in [1.807, 2.05) is 0 Å². The number of rotatable bonds is 8. The summed E-state index contributed by atoms with van der Waals surface area (Å²) < 4.78 is 71.8. The number of nitrogens with zero attached hydrogens (tertiary/aromatic N) is 2. The lowest BCUT2D eigenvalue weighted by Crippen LogP contribution is -2.42. The van der Waals surface area contributed by atoms with E-state index in [0.717, 1.165) is 43.5 Å². The Balaban J connectivity index is 1.41. The van der Waals surface area contributed by atoms with Crippen molar-refractivity contribution < 1.29 is 31.8 Å². The summed E-state index contributed by atoms with van der Waals surface area (Å²) in [6.45, 7) is 2.42. The van der Waals surface area contributed by atoms with E-state index in [4.69, 9.17) is 15.2 Å². The molecule has 1 saturated heterocycles. The average Bonchev–Trinajstić information content (AvgIpc) is 2.91. The van der Waals surface area contributed by atoms with Gasteiger partial charge in [-0.3, -0.25) is 9.78 Å². The number of hydrogen-bond donors (Lipinski definition) is 2. The average molecular weight is 545 g/mol. The largest absolute Gasteiger partial charge is 0.491 e. The molecule has 7 nitrogen and oxygen atoms in total. The predicted molar refractivity (Wildman–Crippen MR) is 138 cm³/mol. The van der Waals surface area contributed by atoms with Crippen LogP contribution >= 0.6 is 0 Å². The number of anilines is 2. The summed E-state index contributed by atoms with van der Waals surface area (Å²) in [6, 6.07) is 5.29. The minimum absolute atomic E-state index is 0.131. The third kappa shape index (κ3) is 5.41. The van der Waals surface area contributed by atoms with Gasteiger partial charge in [-0.15, -0.1) is 0 Å². The van der Waals surface area contributed by atoms with Crippen molar-refractivity contribution in [2.24, 2.45) is 11.1 Å². The van der Waals surface area contributed by atoms with Gasteiger partial charge in [0.05, 0.1) is 42.7 Å². The maximum atomic E-state index is 15.6. The van der Waals surface area contributed by atoms with Crippen LogP contribution in [0.15, 0.2) is 42.7 Å². The highest BCUT2D eigenvalue weighted by Gasteiger charge is 2.36. The quantitative estimate of drug-likeness (QED) is 0.392. The molecule has 1 amide bonds. The van der Waals surface area contributed by atoms with Gasteiger partial charge in [0.2, 0.25) is 0 Å². The standard InChI is InChI=1S/C28H28F4N4O3/c29-19-3-2-18(27(37)35-22-14-34-7-4-23(22)39-16-28(15-33)5-1-6-28)26(32)25(19)24-20(30)12-17(13-21(24)31)36-8-10-38-11-9-36/h2-4,7,12-14H,1,5-6,8-11,15-16,33H2,(H,35,37). The Morgan fingerprint density at radius 3 is 2.41 bits per heavy atom. The van der Waals surface area contributed by atoms with E-state index in [-0.39, 0.29) is 16.8 Å². The summed E-state index contributed by atoms with van der Waals surface area (Å²) >= 11 is 0. The molecule has 206 valence electrons. The fraction of sp³-hybridized carbons (Fsp3) is 0.357. The Bertz CT molecular complexity index is 1350. The zero-order valence-electron chi connectivity index (χ0n) is 21.1. The number of carbonyl (C=O) groups excluding carboxylic acids is 1. The molecule has 1 aliphatic carbocycles. The molecule has 1 aliphatic heterocycles. The number of hydrogen-bond acceptors (Lipinski definition) is 6. The van der Waals surface area contributed by atoms with Crippen molar-refractivity contribution in [2.45, 2.75) is 19.3 Å². The van der Waals surface area contributed by atoms with Gasteiger partial charge in [-0.25, -0.2) is 17.6 Å². The van der Waals surface area contributed by atoms with Gasteiger partial charge in [0.15, 0.2) is 0 Å². The smallest absolute Gasteiger partial charge is 0.258 e. The third-order valence-electron chi connectivity index (χ3n) is 7.40. The van der Waals surface area contributed by atoms with Crippen LogP contribution in [-0.4, -0.2) is 50.3 Å². The highest BCUT2D eigenvalue weighted by molar-refractivity contribution is 6.06. The molecule has 0 radical (unpaired) electrons. The van der Waals surface area contributed by atoms with E-state index >= 15 is 13.2 Å². The molecular weight excluding hydrogens is 516 g/mol. The maximum Gasteiger partial charge on any atom is 0.258 e. The number of halogens is 4. The Kier molecular flexibility index (Phi) is 7.72. The maximum absolute atomic E-state index is 15.6. The van der Waals surface area contributed by atoms with Crippen LogP contribution in [0.5, 0.6) is 5.75 Å². The Labute approximate surface area is 222 Å². The van der Waals surface area contributed by atoms with Crippen LogP contribution in [-0.2, 0) is 4.74 Å². The van der Waals surface area contributed by atoms with Crippen LogP contribution in [0.4, 0.5) is 28.9 Å². The fourth-order valence-corrected chi connectivity index (χ4v) is 4.87. The number of pyridine rings is 1. The summed E-state index contributed by atoms with van der Waals surface area (Å²) in [5.41, 5.74) is 3.68. The summed E-state index contributed by atoms with van der Waals surface area (Å²) in [6.07, 6.45) is 5.73. The minimum Gasteiger partial charge on any atom is -0.491 e. The minimum atomic E-state index is -1.40. The molecule has 2 heterocycles. The molecule has 1 aromatic heterocycles. The molecule has 2 aliphatic rings. The van der Waals surface area contributed by atoms with Crippen LogP contribution in [0.25, 0.3) is 11.1 Å². The van der Waals surface area contributed by atoms with E-state index < -0.39 is 45.9 Å². The number of nitrogens with two attached hydrogens (primary N) is 1. The number of nitrogens with one attached hydrogen (secondary N) is 1. The van der Waals surface area contributed by atoms with Crippen molar-refractivity contribution in [3.8, 4) is 16.9 Å². The predicted octanol–water partition coefficient (Wildman–Crippen LogP) is 4.90. The molecule has 1 saturated carbocycles. The van der Waals surface area contributed by atoms with Crippen LogP contribution in [0, 0.1) is 28.7 Å². The first-order valence-corrected chi connectivity index (χ1v) is 12.7. The molecule has 5 rings (SSSR count). The van der Waals surface area contributed by atoms with Crippen molar-refractivity contribution in [1.29, 1.82) is 0 Å². The lowest BCUT2D eigenvalue weighted by Gasteiger charge is -2.40. The molecular formula is C28H28F4N4O3. The first kappa shape index (κ1) is 26.9. The number of amides is 1. The van der Waals surface area contributed by atoms with Crippen molar-refractivity contribution in [1.82, 2.24) is 4.98 Å². The van der Waals surface area contributed by atoms with Gasteiger partial charge in [-0.2, -0.15) is 0 Å². The van der Waals surface area contributed by atoms with Gasteiger partial charge in [-0.1, -0.05) is 6.42 Å². The number of morpholine rings is 1. The van der Waals surface area contributed by atoms with Gasteiger partial charge < -0.3 is 25.4 Å². The van der Waals surface area contributed by atoms with Crippen LogP contribution < -0.4 is 20.7 Å². The van der Waals surface area contributed by atoms with Gasteiger partial charge in [0, 0.05) is 43.0 Å². The van der Waals surface area contributed by atoms with Crippen molar-refractivity contribution >= 4 is 17.3 Å². The molecule has 39 heavy (non-hydrogen) atoms. The normalized spacial score (nSPS) is 16.5. The summed E-state index contributed by atoms with van der Waals surface area (Å²) in [4.78, 5) is 18.7. The SMILES string of the molecule is NCC1(COc2ccncc2NC(=O)c2ccc(F)c(-c3c(F)cc(N4CCOCC4)cc3F)c2F)CCC1. The molecule has 0 unspecified atom stereocenters. The van der Waals surface area contributed by atoms with Gasteiger partial charge in [0.25, 0.3) is 5.91 Å². The molecule has 2 fully saturated rings. The van der Waals surface area contributed by atoms with Crippen LogP contribution in [0.1, 0.15) is 29.6 Å². The van der Waals surface area contributed by atoms with Gasteiger partial charge in [-0.05, 0) is 37.1 Å². The van der Waals surface area contributed by atoms with Gasteiger partial charge in [0.1, 0.15) is 34.7 Å². The molecule has 0 atom stereocenters. The Morgan fingerprint density at radius 2 is 1.77 bits per heavy atom. The van der Waals surface area contributed by atoms with E-state index in [9.17, 15) is 9.18 Å². The summed E-state index contributed by atoms with van der Waals surface area (Å²) in [7, 11) is 0. The summed E-state index contributed by atoms with van der Waals surface area (Å²) in [5.74, 6) is -5.57. The second kappa shape index (κ2) is 11.2. The van der Waals surface area contributed by atoms with Crippen molar-refractivity contribution in [3.05, 3.63) is 71.6 Å². The van der Waals surface area contributed by atoms with Crippen molar-refractivity contribution in [3.63, 3.8) is 0 Å². The number of ether oxygens (including phenoxy) is 2. The lowest BCUT2D eigenvalue weighted by atomic mass is 9.69. The van der Waals surface area contributed by atoms with E-state index in [1.165, 1.54) is 12.4 Å². The van der Waals surface area contributed by atoms with E-state index in [2.05, 4.69) is 10.3 Å². The molecule has 3 N–H and O–H groups in total. The highest BCUT2D eigenvalue weighted by Crippen LogP contribution is 2.41. The number of aromatic nitrogens is 1. The first-order valence-electron chi connectivity index (χ1n) is 12.7. The fourth-order valence-electron chi connectivity index (χ4n) is 4.87. The van der Waals surface area contributed by atoms with Crippen molar-refractivity contribution in [2.75, 3.05) is 49.7 Å². The van der Waals surface area contributed by atoms with Gasteiger partial charge >= 0.3 is 0 Å². The molecule has 0 spiro atoms. The van der Waals surface area contributed by atoms with Crippen LogP contribution in [0.2, 0.25) is 0 Å². The monoisotopic (exact) mass is 544 g/mol. The van der Waals surface area contributed by atoms with Crippen LogP contribution in [0.3, 0.4) is 0 Å². The Morgan fingerprint density at radius 1 is 1.05 bits per heavy atom. The topological polar surface area (TPSA) is 89.7 Å².